The molecule has 7 heteroatoms. The largest absolute Gasteiger partial charge is 0.365 e. The Hall–Kier alpha value is -3.32. The molecule has 4 aromatic rings. The number of ether oxygens (including phenoxy) is 1. The van der Waals surface area contributed by atoms with Crippen LogP contribution < -0.4 is 0 Å². The van der Waals surface area contributed by atoms with Crippen molar-refractivity contribution in [2.24, 2.45) is 0 Å². The third-order valence-corrected chi connectivity index (χ3v) is 6.17. The molecule has 1 atom stereocenters. The van der Waals surface area contributed by atoms with Gasteiger partial charge in [-0.15, -0.1) is 5.10 Å². The van der Waals surface area contributed by atoms with Crippen LogP contribution in [-0.4, -0.2) is 25.1 Å². The summed E-state index contributed by atoms with van der Waals surface area (Å²) >= 11 is 0. The Morgan fingerprint density at radius 1 is 1.03 bits per heavy atom. The Kier molecular flexibility index (Phi) is 3.86. The lowest BCUT2D eigenvalue weighted by Crippen LogP contribution is -2.22. The van der Waals surface area contributed by atoms with Crippen LogP contribution in [-0.2, 0) is 23.3 Å². The van der Waals surface area contributed by atoms with E-state index in [9.17, 15) is 0 Å². The molecule has 3 heterocycles. The van der Waals surface area contributed by atoms with Crippen molar-refractivity contribution in [3.05, 3.63) is 82.9 Å². The molecule has 0 spiro atoms. The fourth-order valence-corrected chi connectivity index (χ4v) is 4.19. The van der Waals surface area contributed by atoms with Gasteiger partial charge in [-0.1, -0.05) is 70.5 Å². The fraction of sp³-hybridized carbons (Fsp3) is 0.304. The second-order valence-corrected chi connectivity index (χ2v) is 8.15. The van der Waals surface area contributed by atoms with E-state index in [1.807, 2.05) is 22.9 Å². The molecule has 30 heavy (non-hydrogen) atoms. The van der Waals surface area contributed by atoms with Crippen LogP contribution >= 0.6 is 0 Å². The van der Waals surface area contributed by atoms with Gasteiger partial charge in [0.1, 0.15) is 6.10 Å². The van der Waals surface area contributed by atoms with E-state index in [1.54, 1.807) is 0 Å². The van der Waals surface area contributed by atoms with Crippen molar-refractivity contribution in [1.82, 2.24) is 25.1 Å². The van der Waals surface area contributed by atoms with Crippen molar-refractivity contribution >= 4 is 0 Å². The molecule has 2 aromatic heterocycles. The van der Waals surface area contributed by atoms with Crippen LogP contribution in [0.5, 0.6) is 0 Å². The van der Waals surface area contributed by atoms with Crippen LogP contribution in [0.2, 0.25) is 0 Å². The summed E-state index contributed by atoms with van der Waals surface area (Å²) in [4.78, 5) is 4.71. The second kappa shape index (κ2) is 6.60. The average molecular weight is 399 g/mol. The Bertz CT molecular complexity index is 1190. The van der Waals surface area contributed by atoms with Crippen molar-refractivity contribution in [3.63, 3.8) is 0 Å². The van der Waals surface area contributed by atoms with Gasteiger partial charge in [0.05, 0.1) is 24.3 Å². The normalized spacial score (nSPS) is 19.4. The molecule has 0 saturated heterocycles. The molecule has 150 valence electrons. The standard InChI is InChI=1S/C23H21N5O2/c1-15-7-9-16(10-8-15)19-13-28-18(14-29-19)20(25-27-28)21-24-22(30-26-21)23(11-12-23)17-5-3-2-4-6-17/h2-10,19H,11-14H2,1H3. The molecule has 0 N–H and O–H groups in total. The van der Waals surface area contributed by atoms with Crippen molar-refractivity contribution in [3.8, 4) is 11.5 Å². The fourth-order valence-electron chi connectivity index (χ4n) is 4.19. The minimum Gasteiger partial charge on any atom is -0.365 e. The first-order valence-electron chi connectivity index (χ1n) is 10.2. The number of nitrogens with zero attached hydrogens (tertiary/aromatic N) is 5. The SMILES string of the molecule is Cc1ccc(C2Cn3nnc(-c4noc(C5(c6ccccc6)CC5)n4)c3CO2)cc1. The highest BCUT2D eigenvalue weighted by Crippen LogP contribution is 2.53. The number of aromatic nitrogens is 5. The number of benzene rings is 2. The van der Waals surface area contributed by atoms with Gasteiger partial charge in [0.25, 0.3) is 0 Å². The van der Waals surface area contributed by atoms with Crippen LogP contribution in [0.4, 0.5) is 0 Å². The minimum atomic E-state index is -0.160. The van der Waals surface area contributed by atoms with E-state index in [1.165, 1.54) is 11.1 Å². The van der Waals surface area contributed by atoms with Crippen LogP contribution in [0, 0.1) is 6.92 Å². The summed E-state index contributed by atoms with van der Waals surface area (Å²) in [6, 6.07) is 18.8. The van der Waals surface area contributed by atoms with Gasteiger partial charge in [0.2, 0.25) is 11.7 Å². The maximum absolute atomic E-state index is 6.12. The molecule has 1 aliphatic heterocycles. The number of fused-ring (bicyclic) bond motifs is 1. The lowest BCUT2D eigenvalue weighted by molar-refractivity contribution is -0.00112. The average Bonchev–Trinajstić information content (AvgIpc) is 3.26. The summed E-state index contributed by atoms with van der Waals surface area (Å²) in [7, 11) is 0. The molecule has 1 aliphatic carbocycles. The van der Waals surface area contributed by atoms with E-state index in [0.717, 1.165) is 24.1 Å². The van der Waals surface area contributed by atoms with E-state index in [0.29, 0.717) is 30.6 Å². The van der Waals surface area contributed by atoms with E-state index < -0.39 is 0 Å². The van der Waals surface area contributed by atoms with E-state index in [-0.39, 0.29) is 11.5 Å². The summed E-state index contributed by atoms with van der Waals surface area (Å²) in [6.45, 7) is 3.11. The van der Waals surface area contributed by atoms with E-state index >= 15 is 0 Å². The van der Waals surface area contributed by atoms with Crippen LogP contribution in [0.15, 0.2) is 59.1 Å². The maximum Gasteiger partial charge on any atom is 0.237 e. The third kappa shape index (κ3) is 2.77. The summed E-state index contributed by atoms with van der Waals surface area (Å²) in [5.74, 6) is 1.13. The van der Waals surface area contributed by atoms with Crippen LogP contribution in [0.1, 0.15) is 47.2 Å². The first-order valence-corrected chi connectivity index (χ1v) is 10.2. The highest BCUT2D eigenvalue weighted by Gasteiger charge is 2.51. The molecule has 6 rings (SSSR count). The third-order valence-electron chi connectivity index (χ3n) is 6.17. The van der Waals surface area contributed by atoms with Crippen LogP contribution in [0.25, 0.3) is 11.5 Å². The molecule has 2 aliphatic rings. The zero-order valence-corrected chi connectivity index (χ0v) is 16.7. The Labute approximate surface area is 173 Å². The summed E-state index contributed by atoms with van der Waals surface area (Å²) in [5.41, 5.74) is 4.95. The topological polar surface area (TPSA) is 78.9 Å². The molecular weight excluding hydrogens is 378 g/mol. The Morgan fingerprint density at radius 3 is 2.60 bits per heavy atom. The van der Waals surface area contributed by atoms with Crippen molar-refractivity contribution in [2.45, 2.75) is 44.4 Å². The van der Waals surface area contributed by atoms with Gasteiger partial charge in [-0.3, -0.25) is 0 Å². The summed E-state index contributed by atoms with van der Waals surface area (Å²) in [6.07, 6.45) is 1.99. The first kappa shape index (κ1) is 17.5. The molecule has 1 fully saturated rings. The number of rotatable bonds is 4. The minimum absolute atomic E-state index is 0.0405. The van der Waals surface area contributed by atoms with Gasteiger partial charge in [0, 0.05) is 0 Å². The van der Waals surface area contributed by atoms with Crippen molar-refractivity contribution in [2.75, 3.05) is 0 Å². The van der Waals surface area contributed by atoms with Gasteiger partial charge in [-0.25, -0.2) is 4.68 Å². The molecule has 0 amide bonds. The van der Waals surface area contributed by atoms with Crippen molar-refractivity contribution < 1.29 is 9.26 Å². The number of hydrogen-bond donors (Lipinski definition) is 0. The molecule has 0 radical (unpaired) electrons. The molecular formula is C23H21N5O2. The Balaban J connectivity index is 1.28. The molecule has 7 nitrogen and oxygen atoms in total. The quantitative estimate of drug-likeness (QED) is 0.516. The van der Waals surface area contributed by atoms with Gasteiger partial charge in [-0.05, 0) is 30.9 Å². The van der Waals surface area contributed by atoms with Gasteiger partial charge in [-0.2, -0.15) is 4.98 Å². The lowest BCUT2D eigenvalue weighted by Gasteiger charge is -2.24. The van der Waals surface area contributed by atoms with E-state index in [4.69, 9.17) is 14.2 Å². The summed E-state index contributed by atoms with van der Waals surface area (Å²) < 4.78 is 13.7. The van der Waals surface area contributed by atoms with Gasteiger partial charge >= 0.3 is 0 Å². The monoisotopic (exact) mass is 399 g/mol. The zero-order valence-electron chi connectivity index (χ0n) is 16.7. The van der Waals surface area contributed by atoms with Gasteiger partial charge in [0.15, 0.2) is 5.69 Å². The lowest BCUT2D eigenvalue weighted by atomic mass is 9.96. The second-order valence-electron chi connectivity index (χ2n) is 8.15. The maximum atomic E-state index is 6.12. The highest BCUT2D eigenvalue weighted by molar-refractivity contribution is 5.52. The molecule has 2 aromatic carbocycles. The van der Waals surface area contributed by atoms with Gasteiger partial charge < -0.3 is 9.26 Å². The predicted octanol–water partition coefficient (Wildman–Crippen LogP) is 3.99. The summed E-state index contributed by atoms with van der Waals surface area (Å²) in [5, 5.41) is 12.9. The molecule has 1 saturated carbocycles. The first-order chi connectivity index (χ1) is 14.7. The highest BCUT2D eigenvalue weighted by atomic mass is 16.5. The predicted molar refractivity (Wildman–Crippen MR) is 108 cm³/mol. The van der Waals surface area contributed by atoms with Crippen molar-refractivity contribution in [1.29, 1.82) is 0 Å². The zero-order chi connectivity index (χ0) is 20.1. The van der Waals surface area contributed by atoms with Crippen LogP contribution in [0.3, 0.4) is 0 Å². The number of hydrogen-bond acceptors (Lipinski definition) is 6. The molecule has 0 bridgehead atoms. The number of aryl methyl sites for hydroxylation is 1. The molecule has 1 unspecified atom stereocenters. The Morgan fingerprint density at radius 2 is 1.83 bits per heavy atom. The van der Waals surface area contributed by atoms with E-state index in [2.05, 4.69) is 58.8 Å². The smallest absolute Gasteiger partial charge is 0.237 e.